The second kappa shape index (κ2) is 18.2. The Kier molecular flexibility index (Phi) is 13.3. The Labute approximate surface area is 316 Å². The first-order chi connectivity index (χ1) is 26.3. The number of pyridine rings is 1. The van der Waals surface area contributed by atoms with Gasteiger partial charge in [-0.05, 0) is 62.2 Å². The summed E-state index contributed by atoms with van der Waals surface area (Å²) in [6.45, 7) is 8.06. The summed E-state index contributed by atoms with van der Waals surface area (Å²) in [5, 5.41) is 4.72. The van der Waals surface area contributed by atoms with Crippen LogP contribution in [0.1, 0.15) is 90.0 Å². The molecular formula is C42H51F3N6O3. The van der Waals surface area contributed by atoms with Gasteiger partial charge < -0.3 is 19.7 Å². The van der Waals surface area contributed by atoms with E-state index in [2.05, 4.69) is 49.8 Å². The first-order valence-corrected chi connectivity index (χ1v) is 19.4. The number of rotatable bonds is 10. The van der Waals surface area contributed by atoms with E-state index in [0.717, 1.165) is 38.9 Å². The van der Waals surface area contributed by atoms with Crippen LogP contribution in [-0.2, 0) is 4.79 Å². The van der Waals surface area contributed by atoms with Crippen LogP contribution in [0.3, 0.4) is 0 Å². The molecule has 4 fully saturated rings. The average Bonchev–Trinajstić information content (AvgIpc) is 3.87. The predicted octanol–water partition coefficient (Wildman–Crippen LogP) is 8.15. The molecule has 4 aromatic rings. The van der Waals surface area contributed by atoms with Gasteiger partial charge in [-0.15, -0.1) is 6.42 Å². The molecule has 0 amide bonds. The zero-order valence-electron chi connectivity index (χ0n) is 31.6. The van der Waals surface area contributed by atoms with E-state index in [0.29, 0.717) is 41.3 Å². The van der Waals surface area contributed by atoms with Crippen molar-refractivity contribution in [3.05, 3.63) is 47.7 Å². The standard InChI is InChI=1S/C27H21F2N5O3.C8H18.C7H12FN/c1-3-18-21(28)7-4-14-8-17(37-13-35)9-19(22(14)18)24-23(29)25-20(10-30-24)26(33-27(32-25)36-2)34-11-15-5-6-16(12-34)31-15;1-3-5-7-8-6-4-2;8-6-4-7-2-1-3-9(7)5-6/h1,4,7-10,13,15-16,31H,5-6,11-12H2,2H3;3-8H2,1-2H3;6-7H,1-5H2/t;;6-,7?/m..1/s1. The minimum Gasteiger partial charge on any atom is -0.467 e. The predicted molar refractivity (Wildman–Crippen MR) is 207 cm³/mol. The minimum absolute atomic E-state index is 0.00579. The summed E-state index contributed by atoms with van der Waals surface area (Å²) in [6.07, 6.45) is 20.6. The number of anilines is 1. The average molecular weight is 745 g/mol. The lowest BCUT2D eigenvalue weighted by Gasteiger charge is -2.34. The number of hydrogen-bond donors (Lipinski definition) is 1. The van der Waals surface area contributed by atoms with Crippen LogP contribution >= 0.6 is 0 Å². The van der Waals surface area contributed by atoms with Gasteiger partial charge in [0.05, 0.1) is 18.1 Å². The van der Waals surface area contributed by atoms with Crippen molar-refractivity contribution >= 4 is 34.0 Å². The Morgan fingerprint density at radius 2 is 1.76 bits per heavy atom. The number of fused-ring (bicyclic) bond motifs is 5. The van der Waals surface area contributed by atoms with Gasteiger partial charge in [0.1, 0.15) is 34.8 Å². The molecule has 2 bridgehead atoms. The third kappa shape index (κ3) is 8.74. The number of aromatic nitrogens is 3. The summed E-state index contributed by atoms with van der Waals surface area (Å²) >= 11 is 0. The SMILES string of the molecule is C#Cc1c(F)ccc2cc(OC=O)cc(-c3ncc4c(N5CC6CCC(C5)N6)nc(OC)nc4c3F)c12.CCCCCCCC.F[C@@H]1CC2CCCN2C1. The van der Waals surface area contributed by atoms with E-state index in [4.69, 9.17) is 15.9 Å². The molecule has 9 nitrogen and oxygen atoms in total. The highest BCUT2D eigenvalue weighted by Crippen LogP contribution is 2.39. The van der Waals surface area contributed by atoms with Gasteiger partial charge in [0.2, 0.25) is 0 Å². The molecule has 2 aromatic carbocycles. The van der Waals surface area contributed by atoms with E-state index in [1.807, 2.05) is 0 Å². The third-order valence-corrected chi connectivity index (χ3v) is 10.9. The Morgan fingerprint density at radius 3 is 2.41 bits per heavy atom. The van der Waals surface area contributed by atoms with Crippen LogP contribution < -0.4 is 19.7 Å². The van der Waals surface area contributed by atoms with Crippen LogP contribution in [0.2, 0.25) is 0 Å². The fourth-order valence-electron chi connectivity index (χ4n) is 8.26. The van der Waals surface area contributed by atoms with Gasteiger partial charge >= 0.3 is 6.01 Å². The van der Waals surface area contributed by atoms with Crippen LogP contribution in [0.4, 0.5) is 19.0 Å². The number of piperazine rings is 1. The Morgan fingerprint density at radius 1 is 1.02 bits per heavy atom. The first-order valence-electron chi connectivity index (χ1n) is 19.4. The third-order valence-electron chi connectivity index (χ3n) is 10.9. The van der Waals surface area contributed by atoms with E-state index in [9.17, 15) is 13.6 Å². The van der Waals surface area contributed by atoms with Gasteiger partial charge in [-0.25, -0.2) is 13.2 Å². The molecular weight excluding hydrogens is 693 g/mol. The number of benzene rings is 2. The number of ether oxygens (including phenoxy) is 2. The normalized spacial score (nSPS) is 21.5. The number of halogens is 3. The van der Waals surface area contributed by atoms with Gasteiger partial charge in [-0.3, -0.25) is 14.7 Å². The lowest BCUT2D eigenvalue weighted by atomic mass is 9.95. The molecule has 4 aliphatic heterocycles. The molecule has 54 heavy (non-hydrogen) atoms. The number of unbranched alkanes of at least 4 members (excludes halogenated alkanes) is 5. The summed E-state index contributed by atoms with van der Waals surface area (Å²) in [6, 6.07) is 6.90. The number of alkyl halides is 1. The van der Waals surface area contributed by atoms with Crippen molar-refractivity contribution in [3.8, 4) is 35.4 Å². The minimum atomic E-state index is -0.755. The molecule has 3 unspecified atom stereocenters. The number of carbonyl (C=O) groups is 1. The van der Waals surface area contributed by atoms with Crippen LogP contribution in [0.25, 0.3) is 32.9 Å². The number of carbonyl (C=O) groups excluding carboxylic acids is 1. The highest BCUT2D eigenvalue weighted by atomic mass is 19.1. The quantitative estimate of drug-likeness (QED) is 0.0982. The zero-order chi connectivity index (χ0) is 38.2. The second-order valence-corrected chi connectivity index (χ2v) is 14.6. The molecule has 0 radical (unpaired) electrons. The molecule has 8 rings (SSSR count). The molecule has 1 N–H and O–H groups in total. The smallest absolute Gasteiger partial charge is 0.318 e. The fraction of sp³-hybridized carbons (Fsp3) is 0.524. The van der Waals surface area contributed by atoms with Gasteiger partial charge in [-0.2, -0.15) is 9.97 Å². The molecule has 4 aliphatic rings. The maximum Gasteiger partial charge on any atom is 0.318 e. The second-order valence-electron chi connectivity index (χ2n) is 14.6. The molecule has 4 atom stereocenters. The van der Waals surface area contributed by atoms with Crippen molar-refractivity contribution in [2.24, 2.45) is 0 Å². The van der Waals surface area contributed by atoms with Crippen LogP contribution in [0.5, 0.6) is 11.8 Å². The Bertz CT molecular complexity index is 1940. The maximum atomic E-state index is 16.3. The van der Waals surface area contributed by atoms with Gasteiger partial charge in [-0.1, -0.05) is 64.4 Å². The van der Waals surface area contributed by atoms with Gasteiger partial charge in [0.25, 0.3) is 6.47 Å². The molecule has 288 valence electrons. The largest absolute Gasteiger partial charge is 0.467 e. The van der Waals surface area contributed by atoms with Gasteiger partial charge in [0, 0.05) is 54.9 Å². The summed E-state index contributed by atoms with van der Waals surface area (Å²) in [5.41, 5.74) is -0.00136. The number of terminal acetylenes is 1. The fourth-order valence-corrected chi connectivity index (χ4v) is 8.26. The molecule has 6 heterocycles. The summed E-state index contributed by atoms with van der Waals surface area (Å²) in [7, 11) is 1.42. The number of nitrogens with zero attached hydrogens (tertiary/aromatic N) is 5. The monoisotopic (exact) mass is 744 g/mol. The van der Waals surface area contributed by atoms with E-state index >= 15 is 4.39 Å². The summed E-state index contributed by atoms with van der Waals surface area (Å²) < 4.78 is 53.9. The van der Waals surface area contributed by atoms with Crippen molar-refractivity contribution < 1.29 is 27.4 Å². The molecule has 4 saturated heterocycles. The molecule has 2 aromatic heterocycles. The lowest BCUT2D eigenvalue weighted by molar-refractivity contribution is -0.120. The summed E-state index contributed by atoms with van der Waals surface area (Å²) in [5.74, 6) is 1.62. The van der Waals surface area contributed by atoms with Crippen LogP contribution in [-0.4, -0.2) is 83.9 Å². The maximum absolute atomic E-state index is 16.3. The van der Waals surface area contributed by atoms with Crippen LogP contribution in [0, 0.1) is 24.0 Å². The Balaban J connectivity index is 0.000000240. The van der Waals surface area contributed by atoms with E-state index < -0.39 is 17.8 Å². The van der Waals surface area contributed by atoms with Crippen molar-refractivity contribution in [2.75, 3.05) is 38.2 Å². The van der Waals surface area contributed by atoms with E-state index in [1.54, 1.807) is 0 Å². The number of hydrogen-bond acceptors (Lipinski definition) is 9. The molecule has 12 heteroatoms. The molecule has 0 spiro atoms. The van der Waals surface area contributed by atoms with Gasteiger partial charge in [0.15, 0.2) is 5.82 Å². The number of nitrogens with one attached hydrogen (secondary N) is 1. The van der Waals surface area contributed by atoms with E-state index in [-0.39, 0.29) is 46.0 Å². The van der Waals surface area contributed by atoms with E-state index in [1.165, 1.54) is 88.9 Å². The lowest BCUT2D eigenvalue weighted by Crippen LogP contribution is -2.51. The van der Waals surface area contributed by atoms with Crippen molar-refractivity contribution in [1.29, 1.82) is 0 Å². The highest BCUT2D eigenvalue weighted by Gasteiger charge is 2.35. The zero-order valence-corrected chi connectivity index (χ0v) is 31.6. The van der Waals surface area contributed by atoms with Crippen LogP contribution in [0.15, 0.2) is 30.5 Å². The topological polar surface area (TPSA) is 92.7 Å². The molecule has 0 saturated carbocycles. The Hall–Kier alpha value is -4.47. The highest BCUT2D eigenvalue weighted by molar-refractivity contribution is 6.03. The number of methoxy groups -OCH3 is 1. The van der Waals surface area contributed by atoms with Crippen molar-refractivity contribution in [1.82, 2.24) is 25.2 Å². The summed E-state index contributed by atoms with van der Waals surface area (Å²) in [4.78, 5) is 28.7. The van der Waals surface area contributed by atoms with Crippen molar-refractivity contribution in [2.45, 2.75) is 109 Å². The first kappa shape index (κ1) is 39.2. The molecule has 0 aliphatic carbocycles. The van der Waals surface area contributed by atoms with Crippen molar-refractivity contribution in [3.63, 3.8) is 0 Å².